The Morgan fingerprint density at radius 1 is 0.824 bits per heavy atom. The first-order valence-electron chi connectivity index (χ1n) is 10.7. The van der Waals surface area contributed by atoms with Crippen LogP contribution in [0.15, 0.2) is 72.8 Å². The van der Waals surface area contributed by atoms with Gasteiger partial charge in [0, 0.05) is 13.0 Å². The molecule has 3 atom stereocenters. The van der Waals surface area contributed by atoms with Crippen molar-refractivity contribution in [1.82, 2.24) is 4.90 Å². The highest BCUT2D eigenvalue weighted by Crippen LogP contribution is 2.40. The summed E-state index contributed by atoms with van der Waals surface area (Å²) < 4.78 is 28.3. The Kier molecular flexibility index (Phi) is 6.40. The minimum Gasteiger partial charge on any atom is -0.332 e. The number of nitrogens with one attached hydrogen (secondary N) is 2. The summed E-state index contributed by atoms with van der Waals surface area (Å²) in [4.78, 5) is 41.0. The zero-order valence-corrected chi connectivity index (χ0v) is 18.6. The molecule has 3 unspecified atom stereocenters. The number of benzene rings is 3. The van der Waals surface area contributed by atoms with Crippen LogP contribution in [0.4, 0.5) is 20.2 Å². The van der Waals surface area contributed by atoms with Crippen molar-refractivity contribution in [2.24, 2.45) is 5.92 Å². The largest absolute Gasteiger partial charge is 0.332 e. The maximum atomic E-state index is 14.2. The summed E-state index contributed by atoms with van der Waals surface area (Å²) in [5.41, 5.74) is 1.38. The Morgan fingerprint density at radius 2 is 1.38 bits per heavy atom. The second kappa shape index (κ2) is 9.43. The van der Waals surface area contributed by atoms with Crippen LogP contribution in [0.1, 0.15) is 17.0 Å². The Balaban J connectivity index is 1.72. The number of nitrogens with zero attached hydrogens (tertiary/aromatic N) is 1. The van der Waals surface area contributed by atoms with Gasteiger partial charge >= 0.3 is 0 Å². The van der Waals surface area contributed by atoms with Gasteiger partial charge in [0.2, 0.25) is 17.7 Å². The van der Waals surface area contributed by atoms with Crippen molar-refractivity contribution in [1.29, 1.82) is 0 Å². The van der Waals surface area contributed by atoms with Crippen LogP contribution >= 0.6 is 0 Å². The lowest BCUT2D eigenvalue weighted by molar-refractivity contribution is -0.137. The molecule has 3 aromatic carbocycles. The molecule has 1 aliphatic rings. The van der Waals surface area contributed by atoms with E-state index in [9.17, 15) is 23.2 Å². The predicted molar refractivity (Wildman–Crippen MR) is 124 cm³/mol. The van der Waals surface area contributed by atoms with Gasteiger partial charge in [0.1, 0.15) is 23.6 Å². The Bertz CT molecular complexity index is 1260. The number of carbonyl (C=O) groups excluding carboxylic acids is 3. The van der Waals surface area contributed by atoms with E-state index in [1.807, 2.05) is 13.0 Å². The fourth-order valence-electron chi connectivity index (χ4n) is 4.34. The molecule has 0 radical (unpaired) electrons. The normalized spacial score (nSPS) is 19.7. The molecule has 1 saturated heterocycles. The standard InChI is InChI=1S/C26H23F2N3O3/c1-15-8-7-9-16(14-15)21-22(24(32)29-19-12-5-3-10-17(19)27)26(34)31(2)23(21)25(33)30-20-13-6-4-11-18(20)28/h3-14,21-23H,1-2H3,(H,29,32)(H,30,33). The van der Waals surface area contributed by atoms with Crippen LogP contribution in [0.5, 0.6) is 0 Å². The lowest BCUT2D eigenvalue weighted by atomic mass is 9.82. The number of halogens is 2. The zero-order chi connectivity index (χ0) is 24.4. The van der Waals surface area contributed by atoms with E-state index in [1.165, 1.54) is 48.3 Å². The van der Waals surface area contributed by atoms with Crippen LogP contribution in [-0.2, 0) is 14.4 Å². The van der Waals surface area contributed by atoms with Crippen molar-refractivity contribution < 1.29 is 23.2 Å². The zero-order valence-electron chi connectivity index (χ0n) is 18.6. The van der Waals surface area contributed by atoms with Crippen LogP contribution < -0.4 is 10.6 Å². The number of carbonyl (C=O) groups is 3. The molecule has 34 heavy (non-hydrogen) atoms. The molecule has 0 bridgehead atoms. The highest BCUT2D eigenvalue weighted by atomic mass is 19.1. The van der Waals surface area contributed by atoms with E-state index >= 15 is 0 Å². The van der Waals surface area contributed by atoms with Gasteiger partial charge in [0.15, 0.2) is 0 Å². The monoisotopic (exact) mass is 463 g/mol. The topological polar surface area (TPSA) is 78.5 Å². The van der Waals surface area contributed by atoms with Gasteiger partial charge < -0.3 is 15.5 Å². The van der Waals surface area contributed by atoms with Crippen molar-refractivity contribution in [3.05, 3.63) is 95.6 Å². The summed E-state index contributed by atoms with van der Waals surface area (Å²) in [5.74, 6) is -5.38. The van der Waals surface area contributed by atoms with Crippen LogP contribution in [0, 0.1) is 24.5 Å². The summed E-state index contributed by atoms with van der Waals surface area (Å²) in [7, 11) is 1.42. The summed E-state index contributed by atoms with van der Waals surface area (Å²) in [5, 5.41) is 5.02. The number of aryl methyl sites for hydroxylation is 1. The molecule has 6 nitrogen and oxygen atoms in total. The molecule has 1 heterocycles. The maximum Gasteiger partial charge on any atom is 0.247 e. The molecule has 1 fully saturated rings. The Labute approximate surface area is 195 Å². The van der Waals surface area contributed by atoms with Gasteiger partial charge in [-0.3, -0.25) is 14.4 Å². The highest BCUT2D eigenvalue weighted by Gasteiger charge is 2.53. The van der Waals surface area contributed by atoms with Crippen molar-refractivity contribution in [2.45, 2.75) is 18.9 Å². The van der Waals surface area contributed by atoms with E-state index in [2.05, 4.69) is 10.6 Å². The van der Waals surface area contributed by atoms with Gasteiger partial charge in [-0.1, -0.05) is 54.1 Å². The average Bonchev–Trinajstić information content (AvgIpc) is 3.07. The number of likely N-dealkylation sites (tertiary alicyclic amines) is 1. The second-order valence-electron chi connectivity index (χ2n) is 8.25. The minimum atomic E-state index is -1.29. The van der Waals surface area contributed by atoms with E-state index in [0.29, 0.717) is 5.56 Å². The number of anilines is 2. The van der Waals surface area contributed by atoms with Crippen LogP contribution in [0.3, 0.4) is 0 Å². The van der Waals surface area contributed by atoms with Gasteiger partial charge in [-0.05, 0) is 36.8 Å². The average molecular weight is 463 g/mol. The van der Waals surface area contributed by atoms with Crippen LogP contribution in [0.25, 0.3) is 0 Å². The number of amides is 3. The molecule has 0 spiro atoms. The fourth-order valence-corrected chi connectivity index (χ4v) is 4.34. The van der Waals surface area contributed by atoms with Crippen LogP contribution in [-0.4, -0.2) is 35.7 Å². The third-order valence-electron chi connectivity index (χ3n) is 5.97. The molecule has 0 aliphatic carbocycles. The molecule has 8 heteroatoms. The van der Waals surface area contributed by atoms with Crippen molar-refractivity contribution in [3.8, 4) is 0 Å². The summed E-state index contributed by atoms with van der Waals surface area (Å²) >= 11 is 0. The molecule has 3 amide bonds. The Hall–Kier alpha value is -4.07. The number of para-hydroxylation sites is 2. The predicted octanol–water partition coefficient (Wildman–Crippen LogP) is 4.09. The second-order valence-corrected chi connectivity index (χ2v) is 8.25. The molecule has 0 saturated carbocycles. The third kappa shape index (κ3) is 4.39. The van der Waals surface area contributed by atoms with Gasteiger partial charge in [-0.2, -0.15) is 0 Å². The molecular formula is C26H23F2N3O3. The molecule has 4 rings (SSSR count). The molecule has 3 aromatic rings. The van der Waals surface area contributed by atoms with Crippen molar-refractivity contribution in [2.75, 3.05) is 17.7 Å². The van der Waals surface area contributed by atoms with E-state index in [0.717, 1.165) is 5.56 Å². The van der Waals surface area contributed by atoms with E-state index < -0.39 is 47.2 Å². The first kappa shape index (κ1) is 23.1. The quantitative estimate of drug-likeness (QED) is 0.560. The van der Waals surface area contributed by atoms with Gasteiger partial charge in [-0.25, -0.2) is 8.78 Å². The lowest BCUT2D eigenvalue weighted by Gasteiger charge is -2.25. The molecule has 174 valence electrons. The van der Waals surface area contributed by atoms with Crippen molar-refractivity contribution >= 4 is 29.1 Å². The number of likely N-dealkylation sites (N-methyl/N-ethyl adjacent to an activating group) is 1. The first-order chi connectivity index (χ1) is 16.3. The fraction of sp³-hybridized carbons (Fsp3) is 0.192. The minimum absolute atomic E-state index is 0.0319. The molecule has 0 aromatic heterocycles. The number of rotatable bonds is 5. The highest BCUT2D eigenvalue weighted by molar-refractivity contribution is 6.12. The maximum absolute atomic E-state index is 14.2. The van der Waals surface area contributed by atoms with Gasteiger partial charge in [0.25, 0.3) is 0 Å². The number of hydrogen-bond donors (Lipinski definition) is 2. The van der Waals surface area contributed by atoms with E-state index in [1.54, 1.807) is 30.3 Å². The SMILES string of the molecule is Cc1cccc(C2C(C(=O)Nc3ccccc3F)C(=O)N(C)C2C(=O)Nc2ccccc2F)c1. The van der Waals surface area contributed by atoms with Gasteiger partial charge in [-0.15, -0.1) is 0 Å². The lowest BCUT2D eigenvalue weighted by Crippen LogP contribution is -2.41. The smallest absolute Gasteiger partial charge is 0.247 e. The molecule has 2 N–H and O–H groups in total. The summed E-state index contributed by atoms with van der Waals surface area (Å²) in [6.07, 6.45) is 0. The van der Waals surface area contributed by atoms with Crippen LogP contribution in [0.2, 0.25) is 0 Å². The third-order valence-corrected chi connectivity index (χ3v) is 5.97. The Morgan fingerprint density at radius 3 is 1.94 bits per heavy atom. The van der Waals surface area contributed by atoms with Gasteiger partial charge in [0.05, 0.1) is 11.4 Å². The molecule has 1 aliphatic heterocycles. The van der Waals surface area contributed by atoms with E-state index in [4.69, 9.17) is 0 Å². The molecular weight excluding hydrogens is 440 g/mol. The van der Waals surface area contributed by atoms with Crippen molar-refractivity contribution in [3.63, 3.8) is 0 Å². The summed E-state index contributed by atoms with van der Waals surface area (Å²) in [6, 6.07) is 17.4. The summed E-state index contributed by atoms with van der Waals surface area (Å²) in [6.45, 7) is 1.85. The number of hydrogen-bond acceptors (Lipinski definition) is 3. The first-order valence-corrected chi connectivity index (χ1v) is 10.7. The van der Waals surface area contributed by atoms with E-state index in [-0.39, 0.29) is 11.4 Å².